The molecule has 0 bridgehead atoms. The number of carbonyl (C=O) groups is 1. The summed E-state index contributed by atoms with van der Waals surface area (Å²) in [5.74, 6) is -0.0930. The van der Waals surface area contributed by atoms with Crippen molar-refractivity contribution in [3.05, 3.63) is 0 Å². The van der Waals surface area contributed by atoms with Crippen molar-refractivity contribution in [3.63, 3.8) is 0 Å². The van der Waals surface area contributed by atoms with E-state index >= 15 is 0 Å². The molecular formula is C17H33NO3. The molecule has 21 heavy (non-hydrogen) atoms. The number of rotatable bonds is 9. The number of unbranched alkanes of at least 4 members (excludes halogenated alkanes) is 2. The van der Waals surface area contributed by atoms with Crippen molar-refractivity contribution in [2.75, 3.05) is 19.7 Å². The molecule has 0 spiro atoms. The summed E-state index contributed by atoms with van der Waals surface area (Å²) < 4.78 is 4.89. The van der Waals surface area contributed by atoms with Crippen LogP contribution < -0.4 is 5.32 Å². The predicted octanol–water partition coefficient (Wildman–Crippen LogP) is 3.03. The zero-order valence-electron chi connectivity index (χ0n) is 14.0. The maximum Gasteiger partial charge on any atom is 0.305 e. The number of nitrogens with one attached hydrogen (secondary N) is 1. The summed E-state index contributed by atoms with van der Waals surface area (Å²) in [4.78, 5) is 11.2. The Labute approximate surface area is 129 Å². The second kappa shape index (κ2) is 8.74. The van der Waals surface area contributed by atoms with Crippen LogP contribution in [0.2, 0.25) is 0 Å². The molecule has 0 unspecified atom stereocenters. The number of hydrogen-bond acceptors (Lipinski definition) is 4. The minimum Gasteiger partial charge on any atom is -0.466 e. The van der Waals surface area contributed by atoms with Gasteiger partial charge >= 0.3 is 5.97 Å². The highest BCUT2D eigenvalue weighted by atomic mass is 16.5. The van der Waals surface area contributed by atoms with Crippen LogP contribution >= 0.6 is 0 Å². The van der Waals surface area contributed by atoms with Crippen LogP contribution in [0.1, 0.15) is 72.1 Å². The second-order valence-electron chi connectivity index (χ2n) is 7.18. The predicted molar refractivity (Wildman–Crippen MR) is 85.2 cm³/mol. The van der Waals surface area contributed by atoms with Crippen LogP contribution in [0, 0.1) is 5.41 Å². The molecule has 0 saturated heterocycles. The van der Waals surface area contributed by atoms with Crippen LogP contribution in [0.4, 0.5) is 0 Å². The summed E-state index contributed by atoms with van der Waals surface area (Å²) in [7, 11) is 0. The van der Waals surface area contributed by atoms with Crippen LogP contribution in [0.25, 0.3) is 0 Å². The lowest BCUT2D eigenvalue weighted by atomic mass is 9.71. The quantitative estimate of drug-likeness (QED) is 0.507. The van der Waals surface area contributed by atoms with Gasteiger partial charge in [-0.15, -0.1) is 0 Å². The van der Waals surface area contributed by atoms with E-state index in [4.69, 9.17) is 4.74 Å². The minimum absolute atomic E-state index is 0.0930. The first-order chi connectivity index (χ1) is 9.87. The highest BCUT2D eigenvalue weighted by Crippen LogP contribution is 2.39. The van der Waals surface area contributed by atoms with Gasteiger partial charge in [-0.1, -0.05) is 20.3 Å². The van der Waals surface area contributed by atoms with Gasteiger partial charge < -0.3 is 15.2 Å². The number of ether oxygens (including phenoxy) is 1. The molecule has 0 aromatic carbocycles. The first-order valence-electron chi connectivity index (χ1n) is 8.46. The fraction of sp³-hybridized carbons (Fsp3) is 0.941. The molecule has 124 valence electrons. The van der Waals surface area contributed by atoms with Crippen molar-refractivity contribution < 1.29 is 14.6 Å². The molecule has 4 heteroatoms. The molecule has 0 amide bonds. The van der Waals surface area contributed by atoms with E-state index in [2.05, 4.69) is 19.2 Å². The van der Waals surface area contributed by atoms with E-state index in [0.29, 0.717) is 25.0 Å². The number of esters is 1. The van der Waals surface area contributed by atoms with E-state index in [1.54, 1.807) is 0 Å². The molecule has 0 atom stereocenters. The van der Waals surface area contributed by atoms with Crippen molar-refractivity contribution in [2.45, 2.75) is 77.7 Å². The standard InChI is InChI=1S/C17H33NO3/c1-4-21-15(19)8-6-5-7-13-18-14-17(20)11-9-16(2,3)10-12-17/h18,20H,4-14H2,1-3H3. The smallest absolute Gasteiger partial charge is 0.305 e. The van der Waals surface area contributed by atoms with Gasteiger partial charge in [-0.05, 0) is 57.4 Å². The minimum atomic E-state index is -0.513. The van der Waals surface area contributed by atoms with Gasteiger partial charge in [0.1, 0.15) is 0 Å². The summed E-state index contributed by atoms with van der Waals surface area (Å²) >= 11 is 0. The fourth-order valence-corrected chi connectivity index (χ4v) is 2.82. The molecule has 1 aliphatic carbocycles. The van der Waals surface area contributed by atoms with Crippen LogP contribution in [0.15, 0.2) is 0 Å². The Bertz CT molecular complexity index is 305. The molecule has 0 aliphatic heterocycles. The lowest BCUT2D eigenvalue weighted by molar-refractivity contribution is -0.143. The topological polar surface area (TPSA) is 58.6 Å². The third kappa shape index (κ3) is 7.82. The highest BCUT2D eigenvalue weighted by Gasteiger charge is 2.36. The van der Waals surface area contributed by atoms with Gasteiger partial charge in [0.15, 0.2) is 0 Å². The maximum absolute atomic E-state index is 11.2. The molecule has 1 rings (SSSR count). The van der Waals surface area contributed by atoms with Gasteiger partial charge in [-0.25, -0.2) is 0 Å². The molecule has 1 aliphatic rings. The van der Waals surface area contributed by atoms with Gasteiger partial charge in [-0.2, -0.15) is 0 Å². The molecule has 0 aromatic rings. The zero-order valence-corrected chi connectivity index (χ0v) is 14.0. The molecular weight excluding hydrogens is 266 g/mol. The van der Waals surface area contributed by atoms with Gasteiger partial charge in [0.2, 0.25) is 0 Å². The Morgan fingerprint density at radius 1 is 1.14 bits per heavy atom. The summed E-state index contributed by atoms with van der Waals surface area (Å²) in [5.41, 5.74) is -0.125. The average molecular weight is 299 g/mol. The van der Waals surface area contributed by atoms with Crippen molar-refractivity contribution in [1.29, 1.82) is 0 Å². The van der Waals surface area contributed by atoms with Crippen LogP contribution in [-0.2, 0) is 9.53 Å². The van der Waals surface area contributed by atoms with Crippen molar-refractivity contribution in [1.82, 2.24) is 5.32 Å². The monoisotopic (exact) mass is 299 g/mol. The highest BCUT2D eigenvalue weighted by molar-refractivity contribution is 5.69. The van der Waals surface area contributed by atoms with E-state index < -0.39 is 5.60 Å². The van der Waals surface area contributed by atoms with E-state index in [9.17, 15) is 9.90 Å². The molecule has 0 radical (unpaired) electrons. The van der Waals surface area contributed by atoms with Gasteiger partial charge in [0, 0.05) is 13.0 Å². The van der Waals surface area contributed by atoms with E-state index in [1.165, 1.54) is 0 Å². The summed E-state index contributed by atoms with van der Waals surface area (Å²) in [6.45, 7) is 8.47. The summed E-state index contributed by atoms with van der Waals surface area (Å²) in [5, 5.41) is 13.9. The Kier molecular flexibility index (Phi) is 7.67. The van der Waals surface area contributed by atoms with E-state index in [0.717, 1.165) is 51.5 Å². The van der Waals surface area contributed by atoms with Gasteiger partial charge in [-0.3, -0.25) is 4.79 Å². The van der Waals surface area contributed by atoms with Crippen molar-refractivity contribution >= 4 is 5.97 Å². The zero-order chi connectivity index (χ0) is 15.8. The average Bonchev–Trinajstić information content (AvgIpc) is 2.42. The molecule has 1 saturated carbocycles. The normalized spacial score (nSPS) is 20.2. The third-order valence-corrected chi connectivity index (χ3v) is 4.53. The second-order valence-corrected chi connectivity index (χ2v) is 7.18. The van der Waals surface area contributed by atoms with Crippen LogP contribution in [0.3, 0.4) is 0 Å². The Hall–Kier alpha value is -0.610. The summed E-state index contributed by atoms with van der Waals surface area (Å²) in [6.07, 6.45) is 7.48. The van der Waals surface area contributed by atoms with Gasteiger partial charge in [0.25, 0.3) is 0 Å². The molecule has 1 fully saturated rings. The molecule has 2 N–H and O–H groups in total. The fourth-order valence-electron chi connectivity index (χ4n) is 2.82. The Morgan fingerprint density at radius 3 is 2.43 bits per heavy atom. The Morgan fingerprint density at radius 2 is 1.81 bits per heavy atom. The Balaban J connectivity index is 2.00. The lowest BCUT2D eigenvalue weighted by Gasteiger charge is -2.40. The SMILES string of the molecule is CCOC(=O)CCCCCNCC1(O)CCC(C)(C)CC1. The molecule has 0 heterocycles. The maximum atomic E-state index is 11.2. The third-order valence-electron chi connectivity index (χ3n) is 4.53. The molecule has 0 aromatic heterocycles. The first-order valence-corrected chi connectivity index (χ1v) is 8.46. The van der Waals surface area contributed by atoms with E-state index in [-0.39, 0.29) is 5.97 Å². The summed E-state index contributed by atoms with van der Waals surface area (Å²) in [6, 6.07) is 0. The number of hydrogen-bond donors (Lipinski definition) is 2. The van der Waals surface area contributed by atoms with Crippen LogP contribution in [0.5, 0.6) is 0 Å². The largest absolute Gasteiger partial charge is 0.466 e. The van der Waals surface area contributed by atoms with Crippen molar-refractivity contribution in [2.24, 2.45) is 5.41 Å². The van der Waals surface area contributed by atoms with Gasteiger partial charge in [0.05, 0.1) is 12.2 Å². The first kappa shape index (κ1) is 18.4. The van der Waals surface area contributed by atoms with Crippen LogP contribution in [-0.4, -0.2) is 36.4 Å². The number of aliphatic hydroxyl groups is 1. The molecule has 4 nitrogen and oxygen atoms in total. The lowest BCUT2D eigenvalue weighted by Crippen LogP contribution is -2.45. The van der Waals surface area contributed by atoms with Crippen molar-refractivity contribution in [3.8, 4) is 0 Å². The van der Waals surface area contributed by atoms with E-state index in [1.807, 2.05) is 6.92 Å². The number of carbonyl (C=O) groups excluding carboxylic acids is 1.